The van der Waals surface area contributed by atoms with Crippen LogP contribution in [0.15, 0.2) is 24.4 Å². The number of benzene rings is 1. The molecule has 9 nitrogen and oxygen atoms in total. The number of carboxylic acid groups (broad SMARTS) is 1. The van der Waals surface area contributed by atoms with Gasteiger partial charge >= 0.3 is 6.18 Å². The van der Waals surface area contributed by atoms with Crippen LogP contribution in [0.1, 0.15) is 17.7 Å². The number of aryl methyl sites for hydroxylation is 1. The van der Waals surface area contributed by atoms with E-state index in [1.165, 1.54) is 13.1 Å². The second kappa shape index (κ2) is 8.44. The number of nitrogens with zero attached hydrogens (tertiary/aromatic N) is 3. The van der Waals surface area contributed by atoms with E-state index in [0.29, 0.717) is 6.42 Å². The summed E-state index contributed by atoms with van der Waals surface area (Å²) in [5.41, 5.74) is -0.701. The van der Waals surface area contributed by atoms with Gasteiger partial charge in [-0.15, -0.1) is 0 Å². The number of aromatic nitrogens is 2. The van der Waals surface area contributed by atoms with Gasteiger partial charge in [-0.3, -0.25) is 0 Å². The summed E-state index contributed by atoms with van der Waals surface area (Å²) >= 11 is 0. The van der Waals surface area contributed by atoms with E-state index in [4.69, 9.17) is 4.74 Å². The number of quaternary nitrogens is 1. The SMILES string of the molecule is Cc1nc(N2CCCS2(=O)=O)ncc1-c1cc(C(F)(F)F)ccc1OCC(=O)[O-].[NH4+]. The van der Waals surface area contributed by atoms with Gasteiger partial charge in [0.1, 0.15) is 12.4 Å². The first-order valence-electron chi connectivity index (χ1n) is 8.37. The van der Waals surface area contributed by atoms with Crippen LogP contribution in [0.2, 0.25) is 0 Å². The fraction of sp³-hybridized carbons (Fsp3) is 0.353. The van der Waals surface area contributed by atoms with Crippen molar-refractivity contribution < 1.29 is 36.2 Å². The maximum Gasteiger partial charge on any atom is 0.416 e. The summed E-state index contributed by atoms with van der Waals surface area (Å²) in [6, 6.07) is 2.55. The summed E-state index contributed by atoms with van der Waals surface area (Å²) in [5.74, 6) is -1.78. The van der Waals surface area contributed by atoms with Crippen molar-refractivity contribution in [2.24, 2.45) is 0 Å². The molecular weight excluding hydrogens is 429 g/mol. The van der Waals surface area contributed by atoms with Crippen molar-refractivity contribution in [3.63, 3.8) is 0 Å². The summed E-state index contributed by atoms with van der Waals surface area (Å²) in [6.07, 6.45) is -3.03. The Bertz CT molecular complexity index is 1060. The van der Waals surface area contributed by atoms with Gasteiger partial charge < -0.3 is 20.8 Å². The Morgan fingerprint density at radius 3 is 2.53 bits per heavy atom. The van der Waals surface area contributed by atoms with Gasteiger partial charge in [0.25, 0.3) is 0 Å². The molecule has 2 heterocycles. The number of hydrogen-bond donors (Lipinski definition) is 1. The Morgan fingerprint density at radius 1 is 1.30 bits per heavy atom. The molecule has 1 aromatic heterocycles. The van der Waals surface area contributed by atoms with Gasteiger partial charge in [0, 0.05) is 23.9 Å². The molecule has 30 heavy (non-hydrogen) atoms. The molecule has 1 aliphatic heterocycles. The molecule has 0 atom stereocenters. The molecule has 164 valence electrons. The van der Waals surface area contributed by atoms with Crippen LogP contribution in [-0.2, 0) is 21.0 Å². The average molecular weight is 448 g/mol. The van der Waals surface area contributed by atoms with Crippen LogP contribution in [0.25, 0.3) is 11.1 Å². The molecule has 0 spiro atoms. The van der Waals surface area contributed by atoms with Gasteiger partial charge in [0.2, 0.25) is 16.0 Å². The number of halogens is 3. The van der Waals surface area contributed by atoms with Crippen molar-refractivity contribution in [3.8, 4) is 16.9 Å². The Kier molecular flexibility index (Phi) is 6.57. The lowest BCUT2D eigenvalue weighted by molar-refractivity contribution is -0.307. The predicted molar refractivity (Wildman–Crippen MR) is 99.4 cm³/mol. The number of aliphatic carboxylic acids is 1. The van der Waals surface area contributed by atoms with Gasteiger partial charge in [0.15, 0.2) is 0 Å². The van der Waals surface area contributed by atoms with Crippen LogP contribution >= 0.6 is 0 Å². The maximum atomic E-state index is 13.1. The standard InChI is InChI=1S/C17H16F3N3O5S.H3N/c1-10-13(8-21-16(22-10)23-5-2-6-29(23,26)27)12-7-11(17(18,19)20)3-4-14(12)28-9-15(24)25;/h3-4,7-8H,2,5-6,9H2,1H3,(H,24,25);1H3. The minimum atomic E-state index is -4.64. The number of carbonyl (C=O) groups excluding carboxylic acids is 1. The third kappa shape index (κ3) is 4.79. The number of hydrogen-bond acceptors (Lipinski definition) is 7. The van der Waals surface area contributed by atoms with Crippen molar-refractivity contribution in [2.45, 2.75) is 19.5 Å². The Hall–Kier alpha value is -2.93. The summed E-state index contributed by atoms with van der Waals surface area (Å²) in [7, 11) is -3.52. The highest BCUT2D eigenvalue weighted by molar-refractivity contribution is 7.93. The monoisotopic (exact) mass is 448 g/mol. The highest BCUT2D eigenvalue weighted by atomic mass is 32.2. The maximum absolute atomic E-state index is 13.1. The molecule has 0 radical (unpaired) electrons. The molecule has 1 saturated heterocycles. The highest BCUT2D eigenvalue weighted by Crippen LogP contribution is 2.38. The zero-order chi connectivity index (χ0) is 21.4. The number of anilines is 1. The zero-order valence-corrected chi connectivity index (χ0v) is 16.9. The van der Waals surface area contributed by atoms with E-state index in [9.17, 15) is 31.5 Å². The Morgan fingerprint density at radius 2 is 2.00 bits per heavy atom. The molecule has 1 fully saturated rings. The second-order valence-corrected chi connectivity index (χ2v) is 8.29. The first-order chi connectivity index (χ1) is 13.5. The van der Waals surface area contributed by atoms with Crippen LogP contribution in [-0.4, -0.2) is 43.3 Å². The molecule has 4 N–H and O–H groups in total. The lowest BCUT2D eigenvalue weighted by Crippen LogP contribution is -2.29. The van der Waals surface area contributed by atoms with E-state index in [2.05, 4.69) is 9.97 Å². The zero-order valence-electron chi connectivity index (χ0n) is 16.1. The van der Waals surface area contributed by atoms with Gasteiger partial charge in [-0.05, 0) is 31.5 Å². The summed E-state index contributed by atoms with van der Waals surface area (Å²) < 4.78 is 69.5. The Balaban J connectivity index is 0.00000320. The smallest absolute Gasteiger partial charge is 0.416 e. The first-order valence-corrected chi connectivity index (χ1v) is 9.98. The van der Waals surface area contributed by atoms with Crippen LogP contribution < -0.4 is 20.3 Å². The minimum absolute atomic E-state index is 0. The van der Waals surface area contributed by atoms with Crippen LogP contribution in [0.4, 0.5) is 19.1 Å². The van der Waals surface area contributed by atoms with E-state index in [-0.39, 0.29) is 47.0 Å². The molecule has 1 aliphatic rings. The molecular formula is C17H19F3N4O5S. The largest absolute Gasteiger partial charge is 0.546 e. The fourth-order valence-electron chi connectivity index (χ4n) is 2.88. The number of alkyl halides is 3. The number of sulfonamides is 1. The lowest BCUT2D eigenvalue weighted by atomic mass is 10.0. The van der Waals surface area contributed by atoms with Crippen molar-refractivity contribution in [3.05, 3.63) is 35.7 Å². The number of ether oxygens (including phenoxy) is 1. The van der Waals surface area contributed by atoms with Crippen molar-refractivity contribution in [1.82, 2.24) is 16.1 Å². The second-order valence-electron chi connectivity index (χ2n) is 6.28. The first kappa shape index (κ1) is 23.3. The average Bonchev–Trinajstić information content (AvgIpc) is 2.98. The van der Waals surface area contributed by atoms with Crippen LogP contribution in [0.5, 0.6) is 5.75 Å². The molecule has 1 aromatic carbocycles. The summed E-state index contributed by atoms with van der Waals surface area (Å²) in [5, 5.41) is 10.7. The molecule has 0 amide bonds. The number of carboxylic acids is 1. The van der Waals surface area contributed by atoms with Gasteiger partial charge in [-0.1, -0.05) is 0 Å². The van der Waals surface area contributed by atoms with E-state index < -0.39 is 34.3 Å². The summed E-state index contributed by atoms with van der Waals surface area (Å²) in [4.78, 5) is 18.8. The van der Waals surface area contributed by atoms with Crippen LogP contribution in [0, 0.1) is 6.92 Å². The van der Waals surface area contributed by atoms with Gasteiger partial charge in [-0.25, -0.2) is 22.7 Å². The molecule has 3 rings (SSSR count). The van der Waals surface area contributed by atoms with E-state index in [1.807, 2.05) is 0 Å². The van der Waals surface area contributed by atoms with E-state index >= 15 is 0 Å². The number of carbonyl (C=O) groups is 1. The quantitative estimate of drug-likeness (QED) is 0.729. The fourth-order valence-corrected chi connectivity index (χ4v) is 4.34. The van der Waals surface area contributed by atoms with Gasteiger partial charge in [-0.2, -0.15) is 13.2 Å². The third-order valence-corrected chi connectivity index (χ3v) is 6.05. The normalized spacial score (nSPS) is 15.5. The third-order valence-electron chi connectivity index (χ3n) is 4.23. The molecule has 0 aliphatic carbocycles. The van der Waals surface area contributed by atoms with Gasteiger partial charge in [0.05, 0.1) is 23.0 Å². The molecule has 2 aromatic rings. The Labute approximate surface area is 170 Å². The number of rotatable bonds is 5. The lowest BCUT2D eigenvalue weighted by Gasteiger charge is -2.18. The van der Waals surface area contributed by atoms with Crippen molar-refractivity contribution in [2.75, 3.05) is 23.2 Å². The van der Waals surface area contributed by atoms with Crippen LogP contribution in [0.3, 0.4) is 0 Å². The molecule has 0 bridgehead atoms. The highest BCUT2D eigenvalue weighted by Gasteiger charge is 2.33. The summed E-state index contributed by atoms with van der Waals surface area (Å²) in [6.45, 7) is 0.832. The molecule has 13 heteroatoms. The van der Waals surface area contributed by atoms with Crippen molar-refractivity contribution in [1.29, 1.82) is 0 Å². The van der Waals surface area contributed by atoms with E-state index in [1.54, 1.807) is 0 Å². The molecule has 0 unspecified atom stereocenters. The molecule has 0 saturated carbocycles. The predicted octanol–water partition coefficient (Wildman–Crippen LogP) is 1.52. The van der Waals surface area contributed by atoms with Crippen molar-refractivity contribution >= 4 is 21.9 Å². The topological polar surface area (TPSA) is 149 Å². The minimum Gasteiger partial charge on any atom is -0.546 e. The van der Waals surface area contributed by atoms with E-state index in [0.717, 1.165) is 22.5 Å².